The Hall–Kier alpha value is -0.610. The van der Waals surface area contributed by atoms with Crippen molar-refractivity contribution in [2.45, 2.75) is 6.54 Å². The molecule has 0 spiro atoms. The average molecular weight is 375 g/mol. The van der Waals surface area contributed by atoms with E-state index in [1.54, 1.807) is 11.3 Å². The van der Waals surface area contributed by atoms with Gasteiger partial charge in [0, 0.05) is 21.7 Å². The predicted octanol–water partition coefficient (Wildman–Crippen LogP) is 1.55. The summed E-state index contributed by atoms with van der Waals surface area (Å²) < 4.78 is 3.41. The van der Waals surface area contributed by atoms with E-state index in [1.165, 1.54) is 15.8 Å². The zero-order chi connectivity index (χ0) is 12.5. The van der Waals surface area contributed by atoms with E-state index < -0.39 is 0 Å². The minimum absolute atomic E-state index is 0. The van der Waals surface area contributed by atoms with Gasteiger partial charge in [0.05, 0.1) is 0 Å². The van der Waals surface area contributed by atoms with Gasteiger partial charge in [-0.05, 0) is 24.3 Å². The minimum atomic E-state index is 0. The number of hydrogen-bond donors (Lipinski definition) is 0. The number of fused-ring (bicyclic) bond motifs is 1. The fourth-order valence-electron chi connectivity index (χ4n) is 1.95. The largest absolute Gasteiger partial charge is 1.00 e. The van der Waals surface area contributed by atoms with E-state index in [0.29, 0.717) is 0 Å². The van der Waals surface area contributed by atoms with Crippen molar-refractivity contribution in [3.05, 3.63) is 63.6 Å². The maximum atomic E-state index is 6.00. The molecule has 1 aromatic heterocycles. The monoisotopic (exact) mass is 373 g/mol. The third-order valence-electron chi connectivity index (χ3n) is 2.78. The van der Waals surface area contributed by atoms with E-state index in [0.717, 1.165) is 16.6 Å². The maximum absolute atomic E-state index is 6.00. The molecule has 0 fully saturated rings. The molecule has 1 nitrogen and oxygen atoms in total. The van der Waals surface area contributed by atoms with Crippen LogP contribution in [0.5, 0.6) is 0 Å². The van der Waals surface area contributed by atoms with Crippen molar-refractivity contribution < 1.29 is 21.5 Å². The maximum Gasteiger partial charge on any atom is 0.226 e. The summed E-state index contributed by atoms with van der Waals surface area (Å²) in [4.78, 5) is 0. The Labute approximate surface area is 136 Å². The van der Waals surface area contributed by atoms with E-state index in [9.17, 15) is 0 Å². The van der Waals surface area contributed by atoms with E-state index in [2.05, 4.69) is 22.2 Å². The van der Waals surface area contributed by atoms with Crippen LogP contribution in [0, 0.1) is 0 Å². The molecule has 0 aliphatic heterocycles. The highest BCUT2D eigenvalue weighted by atomic mass is 79.9. The molecule has 0 radical (unpaired) electrons. The van der Waals surface area contributed by atoms with Crippen LogP contribution in [0.4, 0.5) is 0 Å². The van der Waals surface area contributed by atoms with Gasteiger partial charge in [-0.25, -0.2) is 0 Å². The first-order chi connectivity index (χ1) is 8.72. The van der Waals surface area contributed by atoms with E-state index in [1.807, 2.05) is 30.3 Å². The van der Waals surface area contributed by atoms with Crippen LogP contribution < -0.4 is 21.5 Å². The third kappa shape index (κ3) is 3.29. The van der Waals surface area contributed by atoms with Crippen LogP contribution in [0.15, 0.2) is 48.0 Å². The van der Waals surface area contributed by atoms with Crippen LogP contribution in [0.1, 0.15) is 5.56 Å². The zero-order valence-electron chi connectivity index (χ0n) is 9.82. The molecule has 0 bridgehead atoms. The number of hydrogen-bond acceptors (Lipinski definition) is 1. The Bertz CT molecular complexity index is 711. The molecule has 5 heteroatoms. The summed E-state index contributed by atoms with van der Waals surface area (Å²) >= 11 is 13.7. The van der Waals surface area contributed by atoms with Crippen molar-refractivity contribution in [1.29, 1.82) is 0 Å². The Balaban J connectivity index is 0.00000133. The first-order valence-corrected chi connectivity index (χ1v) is 7.16. The topological polar surface area (TPSA) is 3.88 Å². The molecule has 0 aliphatic carbocycles. The normalized spacial score (nSPS) is 10.4. The van der Waals surface area contributed by atoms with E-state index >= 15 is 0 Å². The summed E-state index contributed by atoms with van der Waals surface area (Å²) in [6, 6.07) is 13.9. The van der Waals surface area contributed by atoms with Crippen molar-refractivity contribution in [3.8, 4) is 0 Å². The van der Waals surface area contributed by atoms with Crippen LogP contribution in [0.2, 0.25) is 10.0 Å². The van der Waals surface area contributed by atoms with Gasteiger partial charge in [-0.15, -0.1) is 0 Å². The fraction of sp³-hybridized carbons (Fsp3) is 0.0714. The van der Waals surface area contributed by atoms with Gasteiger partial charge in [0.25, 0.3) is 0 Å². The molecule has 0 saturated heterocycles. The average Bonchev–Trinajstić information content (AvgIpc) is 2.72. The van der Waals surface area contributed by atoms with Gasteiger partial charge < -0.3 is 17.0 Å². The summed E-state index contributed by atoms with van der Waals surface area (Å²) in [5.74, 6) is 0. The highest BCUT2D eigenvalue weighted by molar-refractivity contribution is 7.16. The molecule has 0 saturated carbocycles. The van der Waals surface area contributed by atoms with Crippen molar-refractivity contribution >= 4 is 44.8 Å². The number of thiazole rings is 1. The first-order valence-electron chi connectivity index (χ1n) is 5.53. The van der Waals surface area contributed by atoms with Crippen LogP contribution in [0.3, 0.4) is 0 Å². The minimum Gasteiger partial charge on any atom is -1.00 e. The molecule has 19 heavy (non-hydrogen) atoms. The Morgan fingerprint density at radius 2 is 1.79 bits per heavy atom. The Morgan fingerprint density at radius 1 is 1.00 bits per heavy atom. The second kappa shape index (κ2) is 6.23. The van der Waals surface area contributed by atoms with E-state index in [-0.39, 0.29) is 17.0 Å². The van der Waals surface area contributed by atoms with Crippen LogP contribution in [0.25, 0.3) is 10.2 Å². The van der Waals surface area contributed by atoms with Gasteiger partial charge in [0.2, 0.25) is 11.0 Å². The number of nitrogens with zero attached hydrogens (tertiary/aromatic N) is 1. The molecule has 0 unspecified atom stereocenters. The molecular weight excluding hydrogens is 365 g/mol. The molecule has 0 amide bonds. The van der Waals surface area contributed by atoms with Gasteiger partial charge in [-0.3, -0.25) is 0 Å². The van der Waals surface area contributed by atoms with Crippen LogP contribution in [-0.4, -0.2) is 0 Å². The van der Waals surface area contributed by atoms with E-state index in [4.69, 9.17) is 23.2 Å². The molecule has 0 atom stereocenters. The SMILES string of the molecule is Clc1cccc(C[n+]2csc3cc(Cl)ccc32)c1.[Br-]. The zero-order valence-corrected chi connectivity index (χ0v) is 13.7. The Morgan fingerprint density at radius 3 is 2.58 bits per heavy atom. The fourth-order valence-corrected chi connectivity index (χ4v) is 3.33. The number of aromatic nitrogens is 1. The Kier molecular flexibility index (Phi) is 4.85. The first kappa shape index (κ1) is 14.8. The molecular formula is C14H10BrCl2NS. The lowest BCUT2D eigenvalue weighted by molar-refractivity contribution is -0.658. The van der Waals surface area contributed by atoms with Gasteiger partial charge >= 0.3 is 0 Å². The highest BCUT2D eigenvalue weighted by Crippen LogP contribution is 2.21. The van der Waals surface area contributed by atoms with Crippen LogP contribution in [-0.2, 0) is 6.54 Å². The van der Waals surface area contributed by atoms with Crippen molar-refractivity contribution in [2.24, 2.45) is 0 Å². The lowest BCUT2D eigenvalue weighted by Gasteiger charge is -1.97. The molecule has 3 rings (SSSR count). The van der Waals surface area contributed by atoms with Gasteiger partial charge in [-0.1, -0.05) is 46.7 Å². The summed E-state index contributed by atoms with van der Waals surface area (Å²) in [5.41, 5.74) is 4.51. The molecule has 0 aliphatic rings. The number of halogens is 3. The number of rotatable bonds is 2. The number of benzene rings is 2. The summed E-state index contributed by atoms with van der Waals surface area (Å²) in [5, 5.41) is 1.55. The van der Waals surface area contributed by atoms with Gasteiger partial charge in [-0.2, -0.15) is 4.57 Å². The van der Waals surface area contributed by atoms with Crippen molar-refractivity contribution in [3.63, 3.8) is 0 Å². The highest BCUT2D eigenvalue weighted by Gasteiger charge is 2.12. The molecule has 98 valence electrons. The molecule has 1 heterocycles. The van der Waals surface area contributed by atoms with Gasteiger partial charge in [0.1, 0.15) is 4.70 Å². The molecule has 0 N–H and O–H groups in total. The quantitative estimate of drug-likeness (QED) is 0.599. The smallest absolute Gasteiger partial charge is 0.226 e. The van der Waals surface area contributed by atoms with Crippen molar-refractivity contribution in [1.82, 2.24) is 0 Å². The molecule has 2 aromatic carbocycles. The van der Waals surface area contributed by atoms with Gasteiger partial charge in [0.15, 0.2) is 6.54 Å². The lowest BCUT2D eigenvalue weighted by Crippen LogP contribution is -3.00. The second-order valence-corrected chi connectivity index (χ2v) is 5.85. The summed E-state index contributed by atoms with van der Waals surface area (Å²) in [7, 11) is 0. The predicted molar refractivity (Wildman–Crippen MR) is 77.6 cm³/mol. The summed E-state index contributed by atoms with van der Waals surface area (Å²) in [6.45, 7) is 0.822. The van der Waals surface area contributed by atoms with Crippen LogP contribution >= 0.6 is 34.5 Å². The van der Waals surface area contributed by atoms with Crippen molar-refractivity contribution in [2.75, 3.05) is 0 Å². The standard InChI is InChI=1S/C14H10Cl2NS.BrH/c15-11-3-1-2-10(6-11)8-17-9-18-14-7-12(16)4-5-13(14)17;/h1-7,9H,8H2;1H/q+1;/p-1. The second-order valence-electron chi connectivity index (χ2n) is 4.09. The molecule has 3 aromatic rings. The lowest BCUT2D eigenvalue weighted by atomic mass is 10.2. The third-order valence-corrected chi connectivity index (χ3v) is 4.19. The summed E-state index contributed by atoms with van der Waals surface area (Å²) in [6.07, 6.45) is 0.